The van der Waals surface area contributed by atoms with Gasteiger partial charge in [-0.3, -0.25) is 4.74 Å². The highest BCUT2D eigenvalue weighted by atomic mass is 19.4. The lowest BCUT2D eigenvalue weighted by Gasteiger charge is -2.39. The van der Waals surface area contributed by atoms with E-state index in [2.05, 4.69) is 25.5 Å². The standard InChI is InChI=1S/C13H11F9O6/c1-4-6(23)25-5-7(24)26-13(12(20,21)22)27-8(2,3)9(28-13,10(14,15)16)11(17,18)19/h4H,1,5H2,2-3H3. The van der Waals surface area contributed by atoms with E-state index in [9.17, 15) is 49.1 Å². The molecule has 1 saturated heterocycles. The summed E-state index contributed by atoms with van der Waals surface area (Å²) in [6.45, 7) is 1.31. The molecule has 15 heteroatoms. The quantitative estimate of drug-likeness (QED) is 0.385. The van der Waals surface area contributed by atoms with Gasteiger partial charge >= 0.3 is 36.4 Å². The summed E-state index contributed by atoms with van der Waals surface area (Å²) < 4.78 is 134. The molecule has 0 bridgehead atoms. The Morgan fingerprint density at radius 1 is 0.929 bits per heavy atom. The predicted octanol–water partition coefficient (Wildman–Crippen LogP) is 3.16. The average molecular weight is 434 g/mol. The van der Waals surface area contributed by atoms with E-state index in [-0.39, 0.29) is 13.8 Å². The van der Waals surface area contributed by atoms with Crippen molar-refractivity contribution in [2.45, 2.75) is 49.6 Å². The van der Waals surface area contributed by atoms with Crippen molar-refractivity contribution >= 4 is 11.9 Å². The van der Waals surface area contributed by atoms with Crippen LogP contribution in [-0.2, 0) is 28.5 Å². The first kappa shape index (κ1) is 24.0. The minimum Gasteiger partial charge on any atom is -0.451 e. The van der Waals surface area contributed by atoms with Gasteiger partial charge in [0, 0.05) is 6.08 Å². The van der Waals surface area contributed by atoms with Gasteiger partial charge in [0.25, 0.3) is 5.60 Å². The molecule has 1 unspecified atom stereocenters. The summed E-state index contributed by atoms with van der Waals surface area (Å²) in [5, 5.41) is 0. The van der Waals surface area contributed by atoms with Crippen LogP contribution in [0.15, 0.2) is 12.7 Å². The second-order valence-electron chi connectivity index (χ2n) is 5.73. The van der Waals surface area contributed by atoms with Gasteiger partial charge in [-0.15, -0.1) is 0 Å². The summed E-state index contributed by atoms with van der Waals surface area (Å²) in [5.41, 5.74) is -9.27. The van der Waals surface area contributed by atoms with Crippen molar-refractivity contribution in [3.63, 3.8) is 0 Å². The van der Waals surface area contributed by atoms with Crippen LogP contribution in [0.4, 0.5) is 39.5 Å². The van der Waals surface area contributed by atoms with Crippen LogP contribution in [0.25, 0.3) is 0 Å². The van der Waals surface area contributed by atoms with Crippen LogP contribution < -0.4 is 0 Å². The van der Waals surface area contributed by atoms with Crippen LogP contribution in [0.2, 0.25) is 0 Å². The van der Waals surface area contributed by atoms with E-state index in [1.54, 1.807) is 0 Å². The topological polar surface area (TPSA) is 71.1 Å². The lowest BCUT2D eigenvalue weighted by Crippen LogP contribution is -2.67. The summed E-state index contributed by atoms with van der Waals surface area (Å²) in [5.74, 6) is -8.63. The van der Waals surface area contributed by atoms with Crippen molar-refractivity contribution < 1.29 is 68.1 Å². The van der Waals surface area contributed by atoms with Gasteiger partial charge in [-0.25, -0.2) is 9.59 Å². The molecule has 1 heterocycles. The smallest absolute Gasteiger partial charge is 0.451 e. The number of alkyl halides is 9. The highest BCUT2D eigenvalue weighted by Crippen LogP contribution is 2.62. The first-order chi connectivity index (χ1) is 12.3. The molecule has 0 radical (unpaired) electrons. The van der Waals surface area contributed by atoms with Crippen molar-refractivity contribution in [3.05, 3.63) is 12.7 Å². The Morgan fingerprint density at radius 2 is 1.39 bits per heavy atom. The van der Waals surface area contributed by atoms with Gasteiger partial charge in [-0.1, -0.05) is 6.58 Å². The number of halogens is 9. The first-order valence-electron chi connectivity index (χ1n) is 6.88. The van der Waals surface area contributed by atoms with Crippen molar-refractivity contribution in [3.8, 4) is 0 Å². The molecule has 1 fully saturated rings. The molecule has 1 aliphatic rings. The normalized spacial score (nSPS) is 24.5. The van der Waals surface area contributed by atoms with Gasteiger partial charge < -0.3 is 14.2 Å². The minimum absolute atomic E-state index is 0.0209. The van der Waals surface area contributed by atoms with Crippen molar-refractivity contribution in [1.29, 1.82) is 0 Å². The fourth-order valence-corrected chi connectivity index (χ4v) is 2.30. The van der Waals surface area contributed by atoms with E-state index in [4.69, 9.17) is 0 Å². The number of hydrogen-bond donors (Lipinski definition) is 0. The molecule has 0 spiro atoms. The molecule has 0 aromatic heterocycles. The lowest BCUT2D eigenvalue weighted by atomic mass is 9.84. The maximum absolute atomic E-state index is 13.3. The number of rotatable bonds is 4. The van der Waals surface area contributed by atoms with E-state index < -0.39 is 54.2 Å². The number of carbonyl (C=O) groups is 2. The Bertz CT molecular complexity index is 634. The monoisotopic (exact) mass is 434 g/mol. The fraction of sp³-hybridized carbons (Fsp3) is 0.692. The third-order valence-electron chi connectivity index (χ3n) is 3.42. The molecule has 162 valence electrons. The molecule has 0 N–H and O–H groups in total. The summed E-state index contributed by atoms with van der Waals surface area (Å²) in [4.78, 5) is 22.2. The maximum atomic E-state index is 13.3. The zero-order chi connectivity index (χ0) is 22.4. The fourth-order valence-electron chi connectivity index (χ4n) is 2.30. The summed E-state index contributed by atoms with van der Waals surface area (Å²) in [7, 11) is 0. The highest BCUT2D eigenvalue weighted by Gasteiger charge is 2.90. The van der Waals surface area contributed by atoms with Gasteiger partial charge in [0.05, 0.1) is 0 Å². The summed E-state index contributed by atoms with van der Waals surface area (Å²) in [6.07, 6.45) is -18.7. The van der Waals surface area contributed by atoms with E-state index in [0.29, 0.717) is 6.08 Å². The molecule has 1 aliphatic heterocycles. The SMILES string of the molecule is C=CC(=O)OCC(=O)OC1(C(F)(F)F)OC(C)(C)C(C(F)(F)F)(C(F)(F)F)O1. The maximum Gasteiger partial charge on any atom is 0.486 e. The van der Waals surface area contributed by atoms with Gasteiger partial charge in [0.15, 0.2) is 6.61 Å². The lowest BCUT2D eigenvalue weighted by molar-refractivity contribution is -0.473. The van der Waals surface area contributed by atoms with Crippen LogP contribution in [0.3, 0.4) is 0 Å². The Morgan fingerprint density at radius 3 is 1.71 bits per heavy atom. The molecule has 28 heavy (non-hydrogen) atoms. The third-order valence-corrected chi connectivity index (χ3v) is 3.42. The average Bonchev–Trinajstić information content (AvgIpc) is 2.72. The second kappa shape index (κ2) is 6.79. The van der Waals surface area contributed by atoms with E-state index in [0.717, 1.165) is 0 Å². The Balaban J connectivity index is 3.45. The summed E-state index contributed by atoms with van der Waals surface area (Å²) >= 11 is 0. The highest BCUT2D eigenvalue weighted by molar-refractivity contribution is 5.83. The van der Waals surface area contributed by atoms with Crippen LogP contribution in [0.1, 0.15) is 13.8 Å². The first-order valence-corrected chi connectivity index (χ1v) is 6.88. The van der Waals surface area contributed by atoms with E-state index in [1.165, 1.54) is 0 Å². The molecule has 6 nitrogen and oxygen atoms in total. The molecule has 0 saturated carbocycles. The number of hydrogen-bond acceptors (Lipinski definition) is 6. The van der Waals surface area contributed by atoms with Gasteiger partial charge in [0.1, 0.15) is 5.60 Å². The number of carbonyl (C=O) groups excluding carboxylic acids is 2. The molecule has 1 atom stereocenters. The minimum atomic E-state index is -6.47. The molecule has 0 aromatic rings. The number of esters is 2. The zero-order valence-electron chi connectivity index (χ0n) is 13.8. The molecular weight excluding hydrogens is 423 g/mol. The number of ether oxygens (including phenoxy) is 4. The Kier molecular flexibility index (Phi) is 5.82. The third kappa shape index (κ3) is 3.76. The van der Waals surface area contributed by atoms with Gasteiger partial charge in [0.2, 0.25) is 0 Å². The van der Waals surface area contributed by atoms with Crippen molar-refractivity contribution in [2.24, 2.45) is 0 Å². The van der Waals surface area contributed by atoms with Crippen LogP contribution in [0, 0.1) is 0 Å². The van der Waals surface area contributed by atoms with Crippen LogP contribution in [-0.4, -0.2) is 54.2 Å². The molecule has 0 aromatic carbocycles. The molecular formula is C13H11F9O6. The zero-order valence-corrected chi connectivity index (χ0v) is 13.8. The van der Waals surface area contributed by atoms with Crippen LogP contribution >= 0.6 is 0 Å². The Hall–Kier alpha value is -2.03. The predicted molar refractivity (Wildman–Crippen MR) is 67.1 cm³/mol. The van der Waals surface area contributed by atoms with Crippen molar-refractivity contribution in [2.75, 3.05) is 6.61 Å². The molecule has 1 rings (SSSR count). The van der Waals surface area contributed by atoms with Gasteiger partial charge in [-0.2, -0.15) is 39.5 Å². The summed E-state index contributed by atoms with van der Waals surface area (Å²) in [6, 6.07) is 0. The molecule has 0 aliphatic carbocycles. The van der Waals surface area contributed by atoms with E-state index in [1.807, 2.05) is 0 Å². The van der Waals surface area contributed by atoms with E-state index >= 15 is 0 Å². The molecule has 0 amide bonds. The van der Waals surface area contributed by atoms with Gasteiger partial charge in [-0.05, 0) is 13.8 Å². The van der Waals surface area contributed by atoms with Crippen molar-refractivity contribution in [1.82, 2.24) is 0 Å². The van der Waals surface area contributed by atoms with Crippen LogP contribution in [0.5, 0.6) is 0 Å². The largest absolute Gasteiger partial charge is 0.486 e. The second-order valence-corrected chi connectivity index (χ2v) is 5.73. The Labute approximate surface area is 150 Å².